The smallest absolute Gasteiger partial charge is 0.433 e. The van der Waals surface area contributed by atoms with Gasteiger partial charge < -0.3 is 10.5 Å². The van der Waals surface area contributed by atoms with Crippen LogP contribution in [-0.2, 0) is 6.18 Å². The summed E-state index contributed by atoms with van der Waals surface area (Å²) in [4.78, 5) is 18.2. The van der Waals surface area contributed by atoms with Crippen molar-refractivity contribution in [2.24, 2.45) is 5.73 Å². The zero-order valence-electron chi connectivity index (χ0n) is 9.89. The summed E-state index contributed by atoms with van der Waals surface area (Å²) in [6.07, 6.45) is -1.92. The van der Waals surface area contributed by atoms with Crippen LogP contribution in [0.3, 0.4) is 0 Å². The van der Waals surface area contributed by atoms with E-state index in [9.17, 15) is 18.0 Å². The number of nitrogens with two attached hydrogens (primary N) is 1. The quantitative estimate of drug-likeness (QED) is 0.938. The number of pyridine rings is 2. The molecular weight excluding hydrogens is 275 g/mol. The molecule has 0 fully saturated rings. The Kier molecular flexibility index (Phi) is 3.55. The highest BCUT2D eigenvalue weighted by Crippen LogP contribution is 2.31. The summed E-state index contributed by atoms with van der Waals surface area (Å²) in [5.74, 6) is -1.31. The number of primary amides is 1. The van der Waals surface area contributed by atoms with Crippen molar-refractivity contribution in [3.8, 4) is 11.6 Å². The van der Waals surface area contributed by atoms with Gasteiger partial charge in [0.2, 0.25) is 5.88 Å². The van der Waals surface area contributed by atoms with Crippen molar-refractivity contribution < 1.29 is 22.7 Å². The third kappa shape index (κ3) is 3.02. The lowest BCUT2D eigenvalue weighted by Gasteiger charge is -2.11. The highest BCUT2D eigenvalue weighted by atomic mass is 19.4. The number of hydrogen-bond donors (Lipinski definition) is 1. The lowest BCUT2D eigenvalue weighted by molar-refractivity contribution is -0.141. The molecule has 8 heteroatoms. The van der Waals surface area contributed by atoms with E-state index in [1.165, 1.54) is 24.5 Å². The van der Waals surface area contributed by atoms with Gasteiger partial charge in [0.15, 0.2) is 0 Å². The van der Waals surface area contributed by atoms with Gasteiger partial charge in [0.1, 0.15) is 17.0 Å². The minimum Gasteiger partial charge on any atom is -0.437 e. The molecule has 0 radical (unpaired) electrons. The van der Waals surface area contributed by atoms with Crippen molar-refractivity contribution in [1.82, 2.24) is 9.97 Å². The molecule has 0 aliphatic carbocycles. The zero-order valence-corrected chi connectivity index (χ0v) is 9.89. The van der Waals surface area contributed by atoms with Crippen LogP contribution >= 0.6 is 0 Å². The van der Waals surface area contributed by atoms with Gasteiger partial charge in [0.25, 0.3) is 5.91 Å². The molecule has 0 aromatic carbocycles. The van der Waals surface area contributed by atoms with Crippen LogP contribution < -0.4 is 10.5 Å². The first-order chi connectivity index (χ1) is 9.38. The largest absolute Gasteiger partial charge is 0.437 e. The molecule has 0 aliphatic rings. The number of halogens is 3. The Bertz CT molecular complexity index is 630. The van der Waals surface area contributed by atoms with E-state index in [0.29, 0.717) is 6.07 Å². The Labute approximate surface area is 111 Å². The van der Waals surface area contributed by atoms with Crippen molar-refractivity contribution >= 4 is 5.91 Å². The van der Waals surface area contributed by atoms with Crippen LogP contribution in [0.15, 0.2) is 36.7 Å². The van der Waals surface area contributed by atoms with E-state index in [2.05, 4.69) is 9.97 Å². The van der Waals surface area contributed by atoms with Crippen LogP contribution in [0.2, 0.25) is 0 Å². The molecule has 0 unspecified atom stereocenters. The fourth-order valence-electron chi connectivity index (χ4n) is 1.38. The molecule has 0 aliphatic heterocycles. The second kappa shape index (κ2) is 5.16. The van der Waals surface area contributed by atoms with E-state index < -0.39 is 23.7 Å². The van der Waals surface area contributed by atoms with Gasteiger partial charge in [-0.15, -0.1) is 0 Å². The van der Waals surface area contributed by atoms with Crippen LogP contribution in [0.25, 0.3) is 0 Å². The Hall–Kier alpha value is -2.64. The highest BCUT2D eigenvalue weighted by molar-refractivity contribution is 5.95. The molecule has 2 N–H and O–H groups in total. The number of aromatic nitrogens is 2. The number of rotatable bonds is 3. The molecule has 2 rings (SSSR count). The number of amides is 1. The number of carbonyl (C=O) groups excluding carboxylic acids is 1. The van der Waals surface area contributed by atoms with Crippen molar-refractivity contribution in [3.05, 3.63) is 47.9 Å². The summed E-state index contributed by atoms with van der Waals surface area (Å²) < 4.78 is 42.9. The summed E-state index contributed by atoms with van der Waals surface area (Å²) in [7, 11) is 0. The third-order valence-corrected chi connectivity index (χ3v) is 2.27. The summed E-state index contributed by atoms with van der Waals surface area (Å²) in [6.45, 7) is 0. The molecule has 104 valence electrons. The molecule has 2 aromatic heterocycles. The monoisotopic (exact) mass is 283 g/mol. The van der Waals surface area contributed by atoms with E-state index in [1.54, 1.807) is 0 Å². The van der Waals surface area contributed by atoms with E-state index in [1.807, 2.05) is 0 Å². The van der Waals surface area contributed by atoms with Crippen LogP contribution in [0.5, 0.6) is 11.6 Å². The molecule has 20 heavy (non-hydrogen) atoms. The minimum atomic E-state index is -4.65. The van der Waals surface area contributed by atoms with Crippen molar-refractivity contribution in [1.29, 1.82) is 0 Å². The average Bonchev–Trinajstić information content (AvgIpc) is 2.38. The number of carbonyl (C=O) groups is 1. The maximum absolute atomic E-state index is 12.6. The van der Waals surface area contributed by atoms with Gasteiger partial charge >= 0.3 is 6.18 Å². The molecule has 2 heterocycles. The van der Waals surface area contributed by atoms with Gasteiger partial charge in [-0.1, -0.05) is 0 Å². The molecule has 1 amide bonds. The Morgan fingerprint density at radius 2 is 2.00 bits per heavy atom. The standard InChI is InChI=1S/C12H8F3N3O2/c13-12(14,15)9-4-3-8(10(16)19)11(18-9)20-7-2-1-5-17-6-7/h1-6H,(H2,16,19). The molecule has 0 saturated heterocycles. The maximum Gasteiger partial charge on any atom is 0.433 e. The van der Waals surface area contributed by atoms with Crippen LogP contribution in [0.4, 0.5) is 13.2 Å². The van der Waals surface area contributed by atoms with Crippen LogP contribution in [0, 0.1) is 0 Å². The molecular formula is C12H8F3N3O2. The first kappa shape index (κ1) is 13.8. The molecule has 2 aromatic rings. The van der Waals surface area contributed by atoms with Gasteiger partial charge in [-0.3, -0.25) is 9.78 Å². The van der Waals surface area contributed by atoms with Crippen LogP contribution in [-0.4, -0.2) is 15.9 Å². The van der Waals surface area contributed by atoms with E-state index in [4.69, 9.17) is 10.5 Å². The molecule has 0 bridgehead atoms. The second-order valence-corrected chi connectivity index (χ2v) is 3.70. The SMILES string of the molecule is NC(=O)c1ccc(C(F)(F)F)nc1Oc1cccnc1. The van der Waals surface area contributed by atoms with E-state index in [-0.39, 0.29) is 11.3 Å². The molecule has 0 saturated carbocycles. The minimum absolute atomic E-state index is 0.141. The number of ether oxygens (including phenoxy) is 1. The maximum atomic E-state index is 12.6. The normalized spacial score (nSPS) is 11.2. The van der Waals surface area contributed by atoms with Crippen molar-refractivity contribution in [2.75, 3.05) is 0 Å². The Morgan fingerprint density at radius 1 is 1.25 bits per heavy atom. The number of hydrogen-bond acceptors (Lipinski definition) is 4. The van der Waals surface area contributed by atoms with E-state index >= 15 is 0 Å². The van der Waals surface area contributed by atoms with Crippen molar-refractivity contribution in [3.63, 3.8) is 0 Å². The zero-order chi connectivity index (χ0) is 14.8. The second-order valence-electron chi connectivity index (χ2n) is 3.70. The van der Waals surface area contributed by atoms with Gasteiger partial charge in [0, 0.05) is 6.20 Å². The number of alkyl halides is 3. The summed E-state index contributed by atoms with van der Waals surface area (Å²) in [5.41, 5.74) is 3.64. The predicted octanol–water partition coefficient (Wildman–Crippen LogP) is 2.39. The molecule has 5 nitrogen and oxygen atoms in total. The first-order valence-electron chi connectivity index (χ1n) is 5.34. The fourth-order valence-corrected chi connectivity index (χ4v) is 1.38. The fraction of sp³-hybridized carbons (Fsp3) is 0.0833. The molecule has 0 spiro atoms. The third-order valence-electron chi connectivity index (χ3n) is 2.27. The van der Waals surface area contributed by atoms with Gasteiger partial charge in [-0.25, -0.2) is 4.98 Å². The van der Waals surface area contributed by atoms with Crippen molar-refractivity contribution in [2.45, 2.75) is 6.18 Å². The lowest BCUT2D eigenvalue weighted by Crippen LogP contribution is -2.16. The lowest BCUT2D eigenvalue weighted by atomic mass is 10.2. The summed E-state index contributed by atoms with van der Waals surface area (Å²) in [6, 6.07) is 4.56. The van der Waals surface area contributed by atoms with Gasteiger partial charge in [-0.05, 0) is 24.3 Å². The average molecular weight is 283 g/mol. The topological polar surface area (TPSA) is 78.1 Å². The summed E-state index contributed by atoms with van der Waals surface area (Å²) >= 11 is 0. The summed E-state index contributed by atoms with van der Waals surface area (Å²) in [5, 5.41) is 0. The molecule has 0 atom stereocenters. The van der Waals surface area contributed by atoms with Crippen LogP contribution in [0.1, 0.15) is 16.1 Å². The van der Waals surface area contributed by atoms with Gasteiger partial charge in [-0.2, -0.15) is 13.2 Å². The first-order valence-corrected chi connectivity index (χ1v) is 5.34. The number of nitrogens with zero attached hydrogens (tertiary/aromatic N) is 2. The highest BCUT2D eigenvalue weighted by Gasteiger charge is 2.33. The Balaban J connectivity index is 2.45. The van der Waals surface area contributed by atoms with E-state index in [0.717, 1.165) is 6.07 Å². The Morgan fingerprint density at radius 3 is 2.55 bits per heavy atom. The predicted molar refractivity (Wildman–Crippen MR) is 62.1 cm³/mol. The van der Waals surface area contributed by atoms with Gasteiger partial charge in [0.05, 0.1) is 6.20 Å².